The molecule has 2 nitrogen and oxygen atoms in total. The highest BCUT2D eigenvalue weighted by Crippen LogP contribution is 2.07. The number of benzene rings is 1. The van der Waals surface area contributed by atoms with Gasteiger partial charge in [-0.2, -0.15) is 0 Å². The summed E-state index contributed by atoms with van der Waals surface area (Å²) < 4.78 is 12.7. The number of hydrogen-bond acceptors (Lipinski definition) is 1. The largest absolute Gasteiger partial charge is 0.350 e. The number of carbonyl (C=O) groups excluding carboxylic acids is 1. The second-order valence-corrected chi connectivity index (χ2v) is 5.27. The smallest absolute Gasteiger partial charge is 0.244 e. The van der Waals surface area contributed by atoms with E-state index in [9.17, 15) is 9.18 Å². The van der Waals surface area contributed by atoms with Crippen molar-refractivity contribution in [1.29, 1.82) is 0 Å². The van der Waals surface area contributed by atoms with E-state index in [4.69, 9.17) is 0 Å². The van der Waals surface area contributed by atoms with Gasteiger partial charge in [-0.3, -0.25) is 4.79 Å². The SMILES string of the molecule is CC(C)CCC(C)NC(=O)/C=C/c1ccc(F)cc1. The van der Waals surface area contributed by atoms with Gasteiger partial charge in [0, 0.05) is 12.1 Å². The van der Waals surface area contributed by atoms with Gasteiger partial charge in [0.25, 0.3) is 0 Å². The van der Waals surface area contributed by atoms with Crippen LogP contribution >= 0.6 is 0 Å². The first-order chi connectivity index (χ1) is 8.97. The summed E-state index contributed by atoms with van der Waals surface area (Å²) in [4.78, 5) is 11.7. The molecule has 1 atom stereocenters. The third kappa shape index (κ3) is 6.75. The highest BCUT2D eigenvalue weighted by atomic mass is 19.1. The molecule has 0 spiro atoms. The maximum absolute atomic E-state index is 12.7. The van der Waals surface area contributed by atoms with Gasteiger partial charge in [-0.1, -0.05) is 26.0 Å². The minimum atomic E-state index is -0.274. The van der Waals surface area contributed by atoms with Crippen molar-refractivity contribution in [2.75, 3.05) is 0 Å². The van der Waals surface area contributed by atoms with E-state index in [1.165, 1.54) is 18.2 Å². The minimum absolute atomic E-state index is 0.111. The zero-order chi connectivity index (χ0) is 14.3. The van der Waals surface area contributed by atoms with Gasteiger partial charge >= 0.3 is 0 Å². The Morgan fingerprint density at radius 2 is 1.84 bits per heavy atom. The number of rotatable bonds is 6. The standard InChI is InChI=1S/C16H22FNO/c1-12(2)4-5-13(3)18-16(19)11-8-14-6-9-15(17)10-7-14/h6-13H,4-5H2,1-3H3,(H,18,19)/b11-8+. The average molecular weight is 263 g/mol. The van der Waals surface area contributed by atoms with Crippen LogP contribution in [0.4, 0.5) is 4.39 Å². The first kappa shape index (κ1) is 15.4. The van der Waals surface area contributed by atoms with Crippen LogP contribution in [0.5, 0.6) is 0 Å². The Bertz CT molecular complexity index is 423. The lowest BCUT2D eigenvalue weighted by Gasteiger charge is -2.13. The Balaban J connectivity index is 2.40. The molecule has 1 N–H and O–H groups in total. The van der Waals surface area contributed by atoms with Crippen molar-refractivity contribution in [2.24, 2.45) is 5.92 Å². The van der Waals surface area contributed by atoms with Crippen molar-refractivity contribution >= 4 is 12.0 Å². The second-order valence-electron chi connectivity index (χ2n) is 5.27. The Kier molecular flexibility index (Phi) is 6.26. The van der Waals surface area contributed by atoms with Crippen LogP contribution in [-0.2, 0) is 4.79 Å². The normalized spacial score (nSPS) is 12.9. The molecular formula is C16H22FNO. The molecule has 0 aliphatic carbocycles. The summed E-state index contributed by atoms with van der Waals surface area (Å²) in [6, 6.07) is 6.21. The van der Waals surface area contributed by atoms with E-state index in [1.54, 1.807) is 18.2 Å². The highest BCUT2D eigenvalue weighted by Gasteiger charge is 2.05. The lowest BCUT2D eigenvalue weighted by molar-refractivity contribution is -0.117. The molecule has 1 unspecified atom stereocenters. The van der Waals surface area contributed by atoms with Crippen molar-refractivity contribution in [1.82, 2.24) is 5.32 Å². The second kappa shape index (κ2) is 7.72. The molecule has 104 valence electrons. The Labute approximate surface area is 114 Å². The van der Waals surface area contributed by atoms with E-state index in [2.05, 4.69) is 19.2 Å². The van der Waals surface area contributed by atoms with Gasteiger partial charge in [0.15, 0.2) is 0 Å². The predicted molar refractivity (Wildman–Crippen MR) is 77.1 cm³/mol. The summed E-state index contributed by atoms with van der Waals surface area (Å²) in [6.45, 7) is 6.35. The maximum Gasteiger partial charge on any atom is 0.244 e. The third-order valence-corrected chi connectivity index (χ3v) is 2.86. The zero-order valence-corrected chi connectivity index (χ0v) is 11.8. The summed E-state index contributed by atoms with van der Waals surface area (Å²) >= 11 is 0. The molecule has 0 aromatic heterocycles. The molecule has 0 radical (unpaired) electrons. The van der Waals surface area contributed by atoms with Crippen LogP contribution in [0.15, 0.2) is 30.3 Å². The lowest BCUT2D eigenvalue weighted by atomic mass is 10.0. The molecule has 0 heterocycles. The molecule has 0 fully saturated rings. The molecule has 0 aliphatic heterocycles. The molecule has 0 bridgehead atoms. The molecule has 3 heteroatoms. The topological polar surface area (TPSA) is 29.1 Å². The summed E-state index contributed by atoms with van der Waals surface area (Å²) in [5.41, 5.74) is 0.811. The summed E-state index contributed by atoms with van der Waals surface area (Å²) in [5.74, 6) is 0.263. The average Bonchev–Trinajstić information content (AvgIpc) is 2.36. The fourth-order valence-electron chi connectivity index (χ4n) is 1.69. The number of halogens is 1. The molecule has 0 saturated heterocycles. The van der Waals surface area contributed by atoms with Gasteiger partial charge in [-0.15, -0.1) is 0 Å². The van der Waals surface area contributed by atoms with E-state index in [1.807, 2.05) is 6.92 Å². The molecule has 1 rings (SSSR count). The predicted octanol–water partition coefficient (Wildman–Crippen LogP) is 3.78. The van der Waals surface area contributed by atoms with Crippen molar-refractivity contribution in [3.8, 4) is 0 Å². The van der Waals surface area contributed by atoms with Gasteiger partial charge in [0.05, 0.1) is 0 Å². The zero-order valence-electron chi connectivity index (χ0n) is 11.8. The van der Waals surface area contributed by atoms with Crippen LogP contribution in [0.2, 0.25) is 0 Å². The summed E-state index contributed by atoms with van der Waals surface area (Å²) in [7, 11) is 0. The Hall–Kier alpha value is -1.64. The monoisotopic (exact) mass is 263 g/mol. The van der Waals surface area contributed by atoms with Gasteiger partial charge in [-0.05, 0) is 49.5 Å². The number of hydrogen-bond donors (Lipinski definition) is 1. The first-order valence-electron chi connectivity index (χ1n) is 6.71. The highest BCUT2D eigenvalue weighted by molar-refractivity contribution is 5.91. The van der Waals surface area contributed by atoms with E-state index in [0.29, 0.717) is 5.92 Å². The van der Waals surface area contributed by atoms with Crippen molar-refractivity contribution < 1.29 is 9.18 Å². The maximum atomic E-state index is 12.7. The van der Waals surface area contributed by atoms with Crippen LogP contribution in [0.3, 0.4) is 0 Å². The van der Waals surface area contributed by atoms with Crippen molar-refractivity contribution in [2.45, 2.75) is 39.7 Å². The van der Waals surface area contributed by atoms with Crippen LogP contribution in [-0.4, -0.2) is 11.9 Å². The number of nitrogens with one attached hydrogen (secondary N) is 1. The van der Waals surface area contributed by atoms with Crippen molar-refractivity contribution in [3.63, 3.8) is 0 Å². The van der Waals surface area contributed by atoms with E-state index in [0.717, 1.165) is 18.4 Å². The molecule has 1 aromatic rings. The van der Waals surface area contributed by atoms with E-state index in [-0.39, 0.29) is 17.8 Å². The Morgan fingerprint density at radius 1 is 1.21 bits per heavy atom. The molecule has 0 saturated carbocycles. The van der Waals surface area contributed by atoms with Crippen LogP contribution < -0.4 is 5.32 Å². The summed E-state index contributed by atoms with van der Waals surface area (Å²) in [5, 5.41) is 2.92. The van der Waals surface area contributed by atoms with Crippen molar-refractivity contribution in [3.05, 3.63) is 41.7 Å². The lowest BCUT2D eigenvalue weighted by Crippen LogP contribution is -2.31. The first-order valence-corrected chi connectivity index (χ1v) is 6.71. The van der Waals surface area contributed by atoms with Crippen LogP contribution in [0, 0.1) is 11.7 Å². The van der Waals surface area contributed by atoms with Crippen LogP contribution in [0.25, 0.3) is 6.08 Å². The van der Waals surface area contributed by atoms with Gasteiger partial charge in [0.1, 0.15) is 5.82 Å². The quantitative estimate of drug-likeness (QED) is 0.777. The van der Waals surface area contributed by atoms with E-state index < -0.39 is 0 Å². The molecular weight excluding hydrogens is 241 g/mol. The molecule has 1 amide bonds. The van der Waals surface area contributed by atoms with Gasteiger partial charge < -0.3 is 5.32 Å². The summed E-state index contributed by atoms with van der Waals surface area (Å²) in [6.07, 6.45) is 5.25. The molecule has 1 aromatic carbocycles. The number of amides is 1. The number of carbonyl (C=O) groups is 1. The fraction of sp³-hybridized carbons (Fsp3) is 0.438. The van der Waals surface area contributed by atoms with E-state index >= 15 is 0 Å². The molecule has 19 heavy (non-hydrogen) atoms. The van der Waals surface area contributed by atoms with Gasteiger partial charge in [0.2, 0.25) is 5.91 Å². The van der Waals surface area contributed by atoms with Gasteiger partial charge in [-0.25, -0.2) is 4.39 Å². The molecule has 0 aliphatic rings. The third-order valence-electron chi connectivity index (χ3n) is 2.86. The van der Waals surface area contributed by atoms with Crippen LogP contribution in [0.1, 0.15) is 39.2 Å². The fourth-order valence-corrected chi connectivity index (χ4v) is 1.69. The Morgan fingerprint density at radius 3 is 2.42 bits per heavy atom. The minimum Gasteiger partial charge on any atom is -0.350 e.